The highest BCUT2D eigenvalue weighted by molar-refractivity contribution is 8.01. The molecule has 1 aliphatic carbocycles. The number of aliphatic carboxylic acids is 1. The van der Waals surface area contributed by atoms with Gasteiger partial charge in [0.15, 0.2) is 11.6 Å². The van der Waals surface area contributed by atoms with Crippen molar-refractivity contribution in [2.24, 2.45) is 5.92 Å². The van der Waals surface area contributed by atoms with E-state index in [-0.39, 0.29) is 30.0 Å². The lowest BCUT2D eigenvalue weighted by atomic mass is 9.87. The fraction of sp³-hybridized carbons (Fsp3) is 0.400. The average molecular weight is 539 g/mol. The number of hydrogen-bond acceptors (Lipinski definition) is 5. The summed E-state index contributed by atoms with van der Waals surface area (Å²) in [4.78, 5) is 36.8. The number of ether oxygens (including phenoxy) is 1. The number of carbonyl (C=O) groups is 3. The zero-order valence-corrected chi connectivity index (χ0v) is 20.8. The molecule has 4 rings (SSSR count). The lowest BCUT2D eigenvalue weighted by molar-refractivity contribution is -0.143. The van der Waals surface area contributed by atoms with E-state index in [1.54, 1.807) is 6.07 Å². The van der Waals surface area contributed by atoms with Gasteiger partial charge in [0.25, 0.3) is 5.91 Å². The maximum Gasteiger partial charge on any atom is 0.306 e. The minimum atomic E-state index is -0.939. The Labute approximate surface area is 215 Å². The zero-order valence-electron chi connectivity index (χ0n) is 19.2. The fourth-order valence-corrected chi connectivity index (χ4v) is 5.73. The van der Waals surface area contributed by atoms with Gasteiger partial charge in [0.2, 0.25) is 5.91 Å². The first-order chi connectivity index (χ1) is 17.2. The molecule has 1 saturated carbocycles. The molecule has 1 atom stereocenters. The summed E-state index contributed by atoms with van der Waals surface area (Å²) in [6.07, 6.45) is 1.79. The molecule has 2 aromatic carbocycles. The third-order valence-corrected chi connectivity index (χ3v) is 7.84. The van der Waals surface area contributed by atoms with Crippen LogP contribution in [0.5, 0.6) is 5.75 Å². The van der Waals surface area contributed by atoms with Crippen LogP contribution in [0.4, 0.5) is 8.78 Å². The molecule has 1 heterocycles. The first kappa shape index (κ1) is 26.2. The summed E-state index contributed by atoms with van der Waals surface area (Å²) in [5.41, 5.74) is 0.540. The van der Waals surface area contributed by atoms with Gasteiger partial charge < -0.3 is 20.5 Å². The molecule has 1 unspecified atom stereocenters. The standard InChI is InChI=1S/C25H25ClF2N2O5S/c26-15-3-6-21-14(9-15)10-22(36-21)24(32)30-8-7-29-23(31)17-11-19(28)20(12-18(17)27)35-16-4-1-13(2-5-16)25(33)34/h3,6,9,11-13,16,22H,1-2,4-5,7-8,10H2,(H,29,31)(H,30,32)(H,33,34)/t13-,16+,22?. The van der Waals surface area contributed by atoms with E-state index >= 15 is 0 Å². The quantitative estimate of drug-likeness (QED) is 0.435. The van der Waals surface area contributed by atoms with Crippen LogP contribution in [-0.4, -0.2) is 47.3 Å². The first-order valence-corrected chi connectivity index (χ1v) is 12.9. The number of carbonyl (C=O) groups excluding carboxylic acids is 2. The molecular weight excluding hydrogens is 514 g/mol. The summed E-state index contributed by atoms with van der Waals surface area (Å²) < 4.78 is 34.6. The number of carboxylic acids is 1. The Kier molecular flexibility index (Phi) is 8.35. The van der Waals surface area contributed by atoms with Crippen LogP contribution in [-0.2, 0) is 16.0 Å². The summed E-state index contributed by atoms with van der Waals surface area (Å²) in [5, 5.41) is 14.6. The van der Waals surface area contributed by atoms with Crippen molar-refractivity contribution in [1.82, 2.24) is 10.6 Å². The Bertz CT molecular complexity index is 1170. The van der Waals surface area contributed by atoms with Crippen molar-refractivity contribution in [1.29, 1.82) is 0 Å². The van der Waals surface area contributed by atoms with E-state index in [1.807, 2.05) is 12.1 Å². The normalized spacial score (nSPS) is 20.9. The molecule has 1 fully saturated rings. The number of halogens is 3. The van der Waals surface area contributed by atoms with Gasteiger partial charge >= 0.3 is 5.97 Å². The van der Waals surface area contributed by atoms with E-state index in [0.717, 1.165) is 22.6 Å². The van der Waals surface area contributed by atoms with E-state index in [4.69, 9.17) is 21.4 Å². The molecular formula is C25H25ClF2N2O5S. The van der Waals surface area contributed by atoms with Gasteiger partial charge in [-0.15, -0.1) is 11.8 Å². The van der Waals surface area contributed by atoms with Crippen LogP contribution in [0, 0.1) is 17.6 Å². The van der Waals surface area contributed by atoms with Gasteiger partial charge in [-0.2, -0.15) is 0 Å². The van der Waals surface area contributed by atoms with Crippen LogP contribution in [0.25, 0.3) is 0 Å². The SMILES string of the molecule is O=C(NCCNC(=O)C1Cc2cc(Cl)ccc2S1)c1cc(F)c(O[C@H]2CC[C@@H](C(=O)O)CC2)cc1F. The van der Waals surface area contributed by atoms with Crippen LogP contribution >= 0.6 is 23.4 Å². The van der Waals surface area contributed by atoms with Gasteiger partial charge in [0, 0.05) is 29.1 Å². The monoisotopic (exact) mass is 538 g/mol. The van der Waals surface area contributed by atoms with Crippen LogP contribution in [0.1, 0.15) is 41.6 Å². The molecule has 0 aromatic heterocycles. The molecule has 36 heavy (non-hydrogen) atoms. The minimum absolute atomic E-state index is 0.0346. The number of thioether (sulfide) groups is 1. The Morgan fingerprint density at radius 3 is 2.47 bits per heavy atom. The molecule has 2 amide bonds. The Balaban J connectivity index is 1.23. The van der Waals surface area contributed by atoms with Crippen LogP contribution in [0.3, 0.4) is 0 Å². The van der Waals surface area contributed by atoms with E-state index in [0.29, 0.717) is 37.1 Å². The number of hydrogen-bond donors (Lipinski definition) is 3. The van der Waals surface area contributed by atoms with Crippen molar-refractivity contribution < 1.29 is 33.0 Å². The predicted octanol–water partition coefficient (Wildman–Crippen LogP) is 4.20. The van der Waals surface area contributed by atoms with E-state index in [2.05, 4.69) is 10.6 Å². The highest BCUT2D eigenvalue weighted by Crippen LogP contribution is 2.38. The fourth-order valence-electron chi connectivity index (χ4n) is 4.33. The molecule has 7 nitrogen and oxygen atoms in total. The average Bonchev–Trinajstić information content (AvgIpc) is 3.27. The molecule has 0 saturated heterocycles. The molecule has 2 aromatic rings. The van der Waals surface area contributed by atoms with Crippen molar-refractivity contribution in [3.05, 3.63) is 58.1 Å². The molecule has 0 radical (unpaired) electrons. The van der Waals surface area contributed by atoms with Crippen molar-refractivity contribution in [3.63, 3.8) is 0 Å². The smallest absolute Gasteiger partial charge is 0.306 e. The van der Waals surface area contributed by atoms with Gasteiger partial charge in [0.1, 0.15) is 5.82 Å². The summed E-state index contributed by atoms with van der Waals surface area (Å²) in [7, 11) is 0. The molecule has 2 aliphatic rings. The third-order valence-electron chi connectivity index (χ3n) is 6.28. The van der Waals surface area contributed by atoms with E-state index < -0.39 is 41.1 Å². The van der Waals surface area contributed by atoms with Gasteiger partial charge in [0.05, 0.1) is 22.8 Å². The Hall–Kier alpha value is -2.85. The summed E-state index contributed by atoms with van der Waals surface area (Å²) >= 11 is 7.44. The van der Waals surface area contributed by atoms with Crippen molar-refractivity contribution in [3.8, 4) is 5.75 Å². The molecule has 192 valence electrons. The molecule has 0 bridgehead atoms. The third kappa shape index (κ3) is 6.28. The van der Waals surface area contributed by atoms with Crippen molar-refractivity contribution >= 4 is 41.1 Å². The van der Waals surface area contributed by atoms with Crippen molar-refractivity contribution in [2.75, 3.05) is 13.1 Å². The first-order valence-electron chi connectivity index (χ1n) is 11.6. The number of carboxylic acid groups (broad SMARTS) is 1. The number of benzene rings is 2. The summed E-state index contributed by atoms with van der Waals surface area (Å²) in [6.45, 7) is 0.163. The summed E-state index contributed by atoms with van der Waals surface area (Å²) in [6, 6.07) is 7.10. The number of rotatable bonds is 8. The largest absolute Gasteiger partial charge is 0.487 e. The van der Waals surface area contributed by atoms with Gasteiger partial charge in [-0.3, -0.25) is 14.4 Å². The highest BCUT2D eigenvalue weighted by atomic mass is 35.5. The lowest BCUT2D eigenvalue weighted by Gasteiger charge is -2.27. The second kappa shape index (κ2) is 11.5. The Morgan fingerprint density at radius 1 is 1.03 bits per heavy atom. The molecule has 0 spiro atoms. The second-order valence-electron chi connectivity index (χ2n) is 8.80. The zero-order chi connectivity index (χ0) is 25.8. The van der Waals surface area contributed by atoms with Crippen LogP contribution in [0.15, 0.2) is 35.2 Å². The molecule has 3 N–H and O–H groups in total. The molecule has 1 aliphatic heterocycles. The number of nitrogens with one attached hydrogen (secondary N) is 2. The highest BCUT2D eigenvalue weighted by Gasteiger charge is 2.29. The Morgan fingerprint density at radius 2 is 1.75 bits per heavy atom. The van der Waals surface area contributed by atoms with E-state index in [1.165, 1.54) is 11.8 Å². The van der Waals surface area contributed by atoms with Crippen molar-refractivity contribution in [2.45, 2.75) is 48.4 Å². The topological polar surface area (TPSA) is 105 Å². The van der Waals surface area contributed by atoms with Gasteiger partial charge in [-0.1, -0.05) is 11.6 Å². The molecule has 11 heteroatoms. The van der Waals surface area contributed by atoms with Crippen LogP contribution in [0.2, 0.25) is 5.02 Å². The van der Waals surface area contributed by atoms with Gasteiger partial charge in [-0.25, -0.2) is 8.78 Å². The van der Waals surface area contributed by atoms with Gasteiger partial charge in [-0.05, 0) is 61.9 Å². The minimum Gasteiger partial charge on any atom is -0.487 e. The summed E-state index contributed by atoms with van der Waals surface area (Å²) in [5.74, 6) is -4.45. The maximum atomic E-state index is 14.5. The maximum absolute atomic E-state index is 14.5. The second-order valence-corrected chi connectivity index (χ2v) is 10.5. The van der Waals surface area contributed by atoms with E-state index in [9.17, 15) is 23.2 Å². The lowest BCUT2D eigenvalue weighted by Crippen LogP contribution is -2.38. The number of amides is 2. The predicted molar refractivity (Wildman–Crippen MR) is 131 cm³/mol. The number of fused-ring (bicyclic) bond motifs is 1. The van der Waals surface area contributed by atoms with Crippen LogP contribution < -0.4 is 15.4 Å².